The van der Waals surface area contributed by atoms with Gasteiger partial charge < -0.3 is 15.4 Å². The van der Waals surface area contributed by atoms with Gasteiger partial charge in [-0.3, -0.25) is 9.59 Å². The van der Waals surface area contributed by atoms with Crippen molar-refractivity contribution in [3.8, 4) is 5.75 Å². The number of hydrogen-bond acceptors (Lipinski definition) is 5. The number of rotatable bonds is 9. The molecule has 38 heavy (non-hydrogen) atoms. The third-order valence-corrected chi connectivity index (χ3v) is 8.47. The lowest BCUT2D eigenvalue weighted by Gasteiger charge is -2.21. The first-order chi connectivity index (χ1) is 18.4. The van der Waals surface area contributed by atoms with E-state index in [1.165, 1.54) is 29.6 Å². The fraction of sp³-hybridized carbons (Fsp3) is 0.310. The number of hydrogen-bond donors (Lipinski definition) is 2. The van der Waals surface area contributed by atoms with E-state index in [9.17, 15) is 18.0 Å². The second-order valence-corrected chi connectivity index (χ2v) is 11.1. The molecule has 0 saturated carbocycles. The largest absolute Gasteiger partial charge is 0.496 e. The quantitative estimate of drug-likeness (QED) is 0.420. The summed E-state index contributed by atoms with van der Waals surface area (Å²) < 4.78 is 33.5. The average Bonchev–Trinajstić information content (AvgIpc) is 3.24. The minimum atomic E-state index is -3.76. The van der Waals surface area contributed by atoms with E-state index in [0.717, 1.165) is 31.2 Å². The number of amides is 2. The Kier molecular flexibility index (Phi) is 9.15. The highest BCUT2D eigenvalue weighted by atomic mass is 32.2. The molecule has 2 amide bonds. The summed E-state index contributed by atoms with van der Waals surface area (Å²) >= 11 is 0. The molecule has 1 aliphatic rings. The van der Waals surface area contributed by atoms with Crippen molar-refractivity contribution in [3.63, 3.8) is 0 Å². The van der Waals surface area contributed by atoms with Gasteiger partial charge in [0.2, 0.25) is 10.0 Å². The molecule has 8 nitrogen and oxygen atoms in total. The molecular weight excluding hydrogens is 502 g/mol. The lowest BCUT2D eigenvalue weighted by molar-refractivity contribution is 0.0955. The molecule has 0 aromatic heterocycles. The zero-order chi connectivity index (χ0) is 27.0. The number of carbonyl (C=O) groups excluding carboxylic acids is 2. The van der Waals surface area contributed by atoms with Gasteiger partial charge in [0.15, 0.2) is 0 Å². The third-order valence-electron chi connectivity index (χ3n) is 6.58. The van der Waals surface area contributed by atoms with Crippen LogP contribution >= 0.6 is 0 Å². The smallest absolute Gasteiger partial charge is 0.259 e. The van der Waals surface area contributed by atoms with Gasteiger partial charge in [-0.05, 0) is 55.2 Å². The van der Waals surface area contributed by atoms with Crippen LogP contribution in [0.25, 0.3) is 0 Å². The lowest BCUT2D eigenvalue weighted by Crippen LogP contribution is -2.32. The van der Waals surface area contributed by atoms with Gasteiger partial charge in [0, 0.05) is 19.6 Å². The van der Waals surface area contributed by atoms with Crippen LogP contribution in [0.15, 0.2) is 77.7 Å². The highest BCUT2D eigenvalue weighted by Crippen LogP contribution is 2.27. The van der Waals surface area contributed by atoms with Crippen molar-refractivity contribution in [1.82, 2.24) is 9.62 Å². The molecule has 1 heterocycles. The van der Waals surface area contributed by atoms with Crippen molar-refractivity contribution in [2.45, 2.75) is 37.0 Å². The van der Waals surface area contributed by atoms with Gasteiger partial charge in [-0.15, -0.1) is 0 Å². The average molecular weight is 536 g/mol. The number of carbonyl (C=O) groups is 2. The van der Waals surface area contributed by atoms with Crippen molar-refractivity contribution in [1.29, 1.82) is 0 Å². The predicted molar refractivity (Wildman–Crippen MR) is 147 cm³/mol. The summed E-state index contributed by atoms with van der Waals surface area (Å²) in [5.74, 6) is -0.650. The van der Waals surface area contributed by atoms with Gasteiger partial charge in [0.1, 0.15) is 5.75 Å². The van der Waals surface area contributed by atoms with Gasteiger partial charge in [-0.2, -0.15) is 4.31 Å². The van der Waals surface area contributed by atoms with Crippen LogP contribution < -0.4 is 15.4 Å². The molecule has 0 radical (unpaired) electrons. The maximum Gasteiger partial charge on any atom is 0.259 e. The first-order valence-corrected chi connectivity index (χ1v) is 14.2. The first-order valence-electron chi connectivity index (χ1n) is 12.8. The normalized spacial score (nSPS) is 14.3. The summed E-state index contributed by atoms with van der Waals surface area (Å²) in [6.07, 6.45) is 4.31. The molecule has 0 unspecified atom stereocenters. The number of benzene rings is 3. The van der Waals surface area contributed by atoms with Crippen LogP contribution in [0.4, 0.5) is 5.69 Å². The van der Waals surface area contributed by atoms with Gasteiger partial charge in [0.05, 0.1) is 28.8 Å². The van der Waals surface area contributed by atoms with E-state index in [1.54, 1.807) is 24.3 Å². The topological polar surface area (TPSA) is 105 Å². The Morgan fingerprint density at radius 1 is 0.842 bits per heavy atom. The molecule has 1 saturated heterocycles. The third kappa shape index (κ3) is 6.59. The van der Waals surface area contributed by atoms with Crippen LogP contribution in [0.2, 0.25) is 0 Å². The van der Waals surface area contributed by atoms with Gasteiger partial charge >= 0.3 is 0 Å². The molecule has 2 N–H and O–H groups in total. The zero-order valence-corrected chi connectivity index (χ0v) is 22.3. The van der Waals surface area contributed by atoms with Gasteiger partial charge in [-0.1, -0.05) is 55.3 Å². The van der Waals surface area contributed by atoms with Crippen molar-refractivity contribution < 1.29 is 22.7 Å². The van der Waals surface area contributed by atoms with Crippen LogP contribution in [-0.2, 0) is 16.4 Å². The highest BCUT2D eigenvalue weighted by Gasteiger charge is 2.27. The Morgan fingerprint density at radius 3 is 2.24 bits per heavy atom. The van der Waals surface area contributed by atoms with Crippen LogP contribution in [0.3, 0.4) is 0 Å². The Hall–Kier alpha value is -3.69. The lowest BCUT2D eigenvalue weighted by atomic mass is 10.1. The Bertz CT molecular complexity index is 1370. The summed E-state index contributed by atoms with van der Waals surface area (Å²) in [4.78, 5) is 26.3. The van der Waals surface area contributed by atoms with E-state index in [2.05, 4.69) is 10.6 Å². The maximum atomic E-state index is 13.3. The molecule has 200 valence electrons. The number of nitrogens with zero attached hydrogens (tertiary/aromatic N) is 1. The zero-order valence-electron chi connectivity index (χ0n) is 21.5. The Morgan fingerprint density at radius 2 is 1.53 bits per heavy atom. The number of ether oxygens (including phenoxy) is 1. The van der Waals surface area contributed by atoms with Crippen molar-refractivity contribution >= 4 is 27.5 Å². The summed E-state index contributed by atoms with van der Waals surface area (Å²) in [7, 11) is -2.34. The monoisotopic (exact) mass is 535 g/mol. The second-order valence-electron chi connectivity index (χ2n) is 9.17. The van der Waals surface area contributed by atoms with E-state index >= 15 is 0 Å². The Balaban J connectivity index is 1.52. The predicted octanol–water partition coefficient (Wildman–Crippen LogP) is 4.48. The van der Waals surface area contributed by atoms with Crippen molar-refractivity contribution in [2.75, 3.05) is 32.1 Å². The van der Waals surface area contributed by atoms with Crippen LogP contribution in [0, 0.1) is 0 Å². The van der Waals surface area contributed by atoms with Crippen molar-refractivity contribution in [3.05, 3.63) is 89.5 Å². The SMILES string of the molecule is COc1ccc(S(=O)(=O)N2CCCCCC2)cc1C(=O)Nc1ccccc1C(=O)NCCc1ccccc1. The fourth-order valence-electron chi connectivity index (χ4n) is 4.50. The van der Waals surface area contributed by atoms with E-state index in [1.807, 2.05) is 30.3 Å². The summed E-state index contributed by atoms with van der Waals surface area (Å²) in [6, 6.07) is 20.8. The number of nitrogens with one attached hydrogen (secondary N) is 2. The summed E-state index contributed by atoms with van der Waals surface area (Å²) in [5, 5.41) is 5.66. The Labute approximate surface area is 224 Å². The van der Waals surface area contributed by atoms with Gasteiger partial charge in [0.25, 0.3) is 11.8 Å². The molecule has 3 aromatic rings. The molecule has 4 rings (SSSR count). The van der Waals surface area contributed by atoms with E-state index < -0.39 is 15.9 Å². The standard InChI is InChI=1S/C29H33N3O5S/c1-37-27-16-15-23(38(35,36)32-19-9-2-3-10-20-32)21-25(27)29(34)31-26-14-8-7-13-24(26)28(33)30-18-17-22-11-5-4-6-12-22/h4-8,11-16,21H,2-3,9-10,17-20H2,1H3,(H,30,33)(H,31,34). The van der Waals surface area contributed by atoms with Crippen LogP contribution in [-0.4, -0.2) is 51.3 Å². The fourth-order valence-corrected chi connectivity index (χ4v) is 6.04. The first kappa shape index (κ1) is 27.3. The maximum absolute atomic E-state index is 13.3. The summed E-state index contributed by atoms with van der Waals surface area (Å²) in [6.45, 7) is 1.36. The van der Waals surface area contributed by atoms with Crippen LogP contribution in [0.1, 0.15) is 52.0 Å². The highest BCUT2D eigenvalue weighted by molar-refractivity contribution is 7.89. The second kappa shape index (κ2) is 12.7. The molecule has 0 spiro atoms. The van der Waals surface area contributed by atoms with E-state index in [-0.39, 0.29) is 22.1 Å². The molecule has 1 aliphatic heterocycles. The number of anilines is 1. The minimum absolute atomic E-state index is 0.0392. The summed E-state index contributed by atoms with van der Waals surface area (Å²) in [5.41, 5.74) is 1.80. The molecule has 1 fully saturated rings. The van der Waals surface area contributed by atoms with Gasteiger partial charge in [-0.25, -0.2) is 8.42 Å². The molecule has 3 aromatic carbocycles. The molecule has 0 bridgehead atoms. The molecule has 0 atom stereocenters. The molecule has 9 heteroatoms. The molecule has 0 aliphatic carbocycles. The number of para-hydroxylation sites is 1. The van der Waals surface area contributed by atoms with Crippen LogP contribution in [0.5, 0.6) is 5.75 Å². The van der Waals surface area contributed by atoms with E-state index in [4.69, 9.17) is 4.74 Å². The van der Waals surface area contributed by atoms with Crippen molar-refractivity contribution in [2.24, 2.45) is 0 Å². The van der Waals surface area contributed by atoms with E-state index in [0.29, 0.717) is 37.3 Å². The minimum Gasteiger partial charge on any atom is -0.496 e. The number of sulfonamides is 1. The number of methoxy groups -OCH3 is 1. The molecular formula is C29H33N3O5S.